The fourth-order valence-electron chi connectivity index (χ4n) is 2.89. The van der Waals surface area contributed by atoms with Gasteiger partial charge in [0.05, 0.1) is 24.7 Å². The summed E-state index contributed by atoms with van der Waals surface area (Å²) in [5, 5.41) is 0.295. The van der Waals surface area contributed by atoms with E-state index in [0.29, 0.717) is 46.3 Å². The molecule has 2 amide bonds. The molecule has 1 aliphatic rings. The Balaban J connectivity index is 1.66. The topological polar surface area (TPSA) is 65.1 Å². The molecule has 2 aromatic rings. The Bertz CT molecular complexity index is 990. The number of nitrogens with zero attached hydrogens (tertiary/aromatic N) is 1. The minimum atomic E-state index is -0.335. The predicted octanol–water partition coefficient (Wildman–Crippen LogP) is 5.89. The third-order valence-electron chi connectivity index (χ3n) is 4.41. The van der Waals surface area contributed by atoms with Gasteiger partial charge in [-0.25, -0.2) is 0 Å². The quantitative estimate of drug-likeness (QED) is 0.399. The molecule has 6 nitrogen and oxygen atoms in total. The van der Waals surface area contributed by atoms with Gasteiger partial charge in [0.25, 0.3) is 11.1 Å². The van der Waals surface area contributed by atoms with Crippen molar-refractivity contribution in [3.8, 4) is 17.2 Å². The van der Waals surface area contributed by atoms with Gasteiger partial charge in [0.15, 0.2) is 11.5 Å². The Labute approximate surface area is 197 Å². The monoisotopic (exact) mass is 475 g/mol. The van der Waals surface area contributed by atoms with Crippen LogP contribution in [-0.2, 0) is 4.79 Å². The Hall–Kier alpha value is -2.64. The maximum Gasteiger partial charge on any atom is 0.293 e. The van der Waals surface area contributed by atoms with Crippen LogP contribution in [0.15, 0.2) is 47.4 Å². The summed E-state index contributed by atoms with van der Waals surface area (Å²) < 4.78 is 17.1. The van der Waals surface area contributed by atoms with Gasteiger partial charge in [-0.2, -0.15) is 0 Å². The van der Waals surface area contributed by atoms with Gasteiger partial charge in [-0.15, -0.1) is 0 Å². The van der Waals surface area contributed by atoms with Crippen LogP contribution in [0, 0.1) is 5.92 Å². The van der Waals surface area contributed by atoms with E-state index in [0.717, 1.165) is 17.3 Å². The summed E-state index contributed by atoms with van der Waals surface area (Å²) in [6, 6.07) is 12.4. The van der Waals surface area contributed by atoms with Gasteiger partial charge in [-0.1, -0.05) is 31.5 Å². The van der Waals surface area contributed by atoms with Crippen LogP contribution < -0.4 is 14.2 Å². The second kappa shape index (κ2) is 11.3. The summed E-state index contributed by atoms with van der Waals surface area (Å²) in [6.07, 6.45) is 1.69. The summed E-state index contributed by atoms with van der Waals surface area (Å²) in [6.45, 7) is 7.48. The first kappa shape index (κ1) is 24.0. The lowest BCUT2D eigenvalue weighted by atomic mass is 10.1. The maximum atomic E-state index is 12.7. The van der Waals surface area contributed by atoms with Crippen molar-refractivity contribution in [1.82, 2.24) is 4.90 Å². The molecule has 1 heterocycles. The van der Waals surface area contributed by atoms with Crippen molar-refractivity contribution in [1.29, 1.82) is 0 Å². The van der Waals surface area contributed by atoms with E-state index in [4.69, 9.17) is 25.8 Å². The molecule has 0 aliphatic carbocycles. The van der Waals surface area contributed by atoms with Crippen LogP contribution in [-0.4, -0.2) is 42.4 Å². The molecule has 1 fully saturated rings. The molecule has 2 aromatic carbocycles. The zero-order valence-corrected chi connectivity index (χ0v) is 19.9. The molecule has 1 aliphatic heterocycles. The van der Waals surface area contributed by atoms with E-state index in [-0.39, 0.29) is 24.3 Å². The van der Waals surface area contributed by atoms with Crippen molar-refractivity contribution in [2.24, 2.45) is 5.92 Å². The Morgan fingerprint density at radius 2 is 1.78 bits per heavy atom. The number of benzene rings is 2. The van der Waals surface area contributed by atoms with Crippen LogP contribution in [0.5, 0.6) is 17.2 Å². The lowest BCUT2D eigenvalue weighted by Crippen LogP contribution is -2.32. The van der Waals surface area contributed by atoms with E-state index in [1.54, 1.807) is 30.3 Å². The summed E-state index contributed by atoms with van der Waals surface area (Å²) in [4.78, 5) is 26.7. The number of rotatable bonds is 10. The number of hydrogen-bond donors (Lipinski definition) is 0. The van der Waals surface area contributed by atoms with E-state index in [9.17, 15) is 9.59 Å². The van der Waals surface area contributed by atoms with Gasteiger partial charge in [0.2, 0.25) is 0 Å². The molecule has 0 spiro atoms. The summed E-state index contributed by atoms with van der Waals surface area (Å²) in [7, 11) is 0. The van der Waals surface area contributed by atoms with Gasteiger partial charge in [-0.3, -0.25) is 14.5 Å². The first-order valence-corrected chi connectivity index (χ1v) is 11.6. The molecular formula is C24H26ClNO5S. The molecule has 0 N–H and O–H groups in total. The Morgan fingerprint density at radius 1 is 1.03 bits per heavy atom. The number of hydrogen-bond acceptors (Lipinski definition) is 6. The second-order valence-corrected chi connectivity index (χ2v) is 8.91. The first-order valence-electron chi connectivity index (χ1n) is 10.4. The van der Waals surface area contributed by atoms with Crippen molar-refractivity contribution in [3.63, 3.8) is 0 Å². The van der Waals surface area contributed by atoms with E-state index in [1.165, 1.54) is 4.90 Å². The molecule has 0 atom stereocenters. The highest BCUT2D eigenvalue weighted by Gasteiger charge is 2.34. The largest absolute Gasteiger partial charge is 0.492 e. The fourth-order valence-corrected chi connectivity index (χ4v) is 3.88. The van der Waals surface area contributed by atoms with Crippen molar-refractivity contribution < 1.29 is 23.8 Å². The normalized spacial score (nSPS) is 15.0. The zero-order valence-electron chi connectivity index (χ0n) is 18.3. The molecule has 170 valence electrons. The maximum absolute atomic E-state index is 12.7. The lowest BCUT2D eigenvalue weighted by Gasteiger charge is -2.14. The third kappa shape index (κ3) is 6.43. The molecule has 3 rings (SSSR count). The number of thioether (sulfide) groups is 1. The highest BCUT2D eigenvalue weighted by atomic mass is 35.5. The Morgan fingerprint density at radius 3 is 2.47 bits per heavy atom. The van der Waals surface area contributed by atoms with Gasteiger partial charge in [-0.05, 0) is 72.6 Å². The highest BCUT2D eigenvalue weighted by molar-refractivity contribution is 8.18. The SMILES string of the molecule is CCOc1cc(/C=C2\SC(=O)N(CCOc3ccc(Cl)cc3)C2=O)ccc1OCC(C)C. The van der Waals surface area contributed by atoms with Crippen molar-refractivity contribution in [3.05, 3.63) is 58.0 Å². The molecule has 32 heavy (non-hydrogen) atoms. The lowest BCUT2D eigenvalue weighted by molar-refractivity contribution is -0.123. The van der Waals surface area contributed by atoms with Crippen molar-refractivity contribution in [2.75, 3.05) is 26.4 Å². The smallest absolute Gasteiger partial charge is 0.293 e. The summed E-state index contributed by atoms with van der Waals surface area (Å²) in [5.74, 6) is 1.94. The third-order valence-corrected chi connectivity index (χ3v) is 5.57. The molecule has 0 bridgehead atoms. The van der Waals surface area contributed by atoms with E-state index in [1.807, 2.05) is 25.1 Å². The van der Waals surface area contributed by atoms with E-state index < -0.39 is 0 Å². The van der Waals surface area contributed by atoms with Gasteiger partial charge in [0.1, 0.15) is 12.4 Å². The highest BCUT2D eigenvalue weighted by Crippen LogP contribution is 2.34. The van der Waals surface area contributed by atoms with Gasteiger partial charge < -0.3 is 14.2 Å². The van der Waals surface area contributed by atoms with Crippen LogP contribution in [0.4, 0.5) is 4.79 Å². The average Bonchev–Trinajstić information content (AvgIpc) is 3.02. The Kier molecular flexibility index (Phi) is 8.47. The number of amides is 2. The van der Waals surface area contributed by atoms with Crippen molar-refractivity contribution >= 4 is 40.6 Å². The van der Waals surface area contributed by atoms with Gasteiger partial charge >= 0.3 is 0 Å². The number of ether oxygens (including phenoxy) is 3. The molecular weight excluding hydrogens is 450 g/mol. The number of halogens is 1. The number of imide groups is 1. The van der Waals surface area contributed by atoms with Crippen LogP contribution in [0.1, 0.15) is 26.3 Å². The minimum Gasteiger partial charge on any atom is -0.492 e. The van der Waals surface area contributed by atoms with Crippen LogP contribution in [0.2, 0.25) is 5.02 Å². The van der Waals surface area contributed by atoms with Gasteiger partial charge in [0, 0.05) is 5.02 Å². The fraction of sp³-hybridized carbons (Fsp3) is 0.333. The first-order chi connectivity index (χ1) is 15.4. The summed E-state index contributed by atoms with van der Waals surface area (Å²) in [5.41, 5.74) is 0.758. The molecule has 0 saturated carbocycles. The summed E-state index contributed by atoms with van der Waals surface area (Å²) >= 11 is 6.77. The molecule has 8 heteroatoms. The number of carbonyl (C=O) groups excluding carboxylic acids is 2. The second-order valence-electron chi connectivity index (χ2n) is 7.48. The predicted molar refractivity (Wildman–Crippen MR) is 128 cm³/mol. The standard InChI is InChI=1S/C24H26ClNO5S/c1-4-29-21-13-17(5-10-20(21)31-15-16(2)3)14-22-23(27)26(24(28)32-22)11-12-30-19-8-6-18(25)7-9-19/h5-10,13-14,16H,4,11-12,15H2,1-3H3/b22-14-. The van der Waals surface area contributed by atoms with Crippen LogP contribution in [0.25, 0.3) is 6.08 Å². The van der Waals surface area contributed by atoms with Crippen molar-refractivity contribution in [2.45, 2.75) is 20.8 Å². The van der Waals surface area contributed by atoms with E-state index in [2.05, 4.69) is 13.8 Å². The van der Waals surface area contributed by atoms with E-state index >= 15 is 0 Å². The van der Waals surface area contributed by atoms with Crippen LogP contribution >= 0.6 is 23.4 Å². The molecule has 0 aromatic heterocycles. The average molecular weight is 476 g/mol. The zero-order chi connectivity index (χ0) is 23.1. The molecule has 0 unspecified atom stereocenters. The molecule has 1 saturated heterocycles. The van der Waals surface area contributed by atoms with Crippen LogP contribution in [0.3, 0.4) is 0 Å². The molecule has 0 radical (unpaired) electrons. The minimum absolute atomic E-state index is 0.164. The number of carbonyl (C=O) groups is 2.